The molecule has 5 rings (SSSR count). The largest absolute Gasteiger partial charge is 0.483 e. The molecule has 0 N–H and O–H groups in total. The second kappa shape index (κ2) is 8.47. The summed E-state index contributed by atoms with van der Waals surface area (Å²) in [5.41, 5.74) is 0.702. The third-order valence-electron chi connectivity index (χ3n) is 5.48. The standard InChI is InChI=1S/C24H22N4O3/c29-24(17-31-21-8-3-6-18-5-1-2-7-19(18)21)28-14-12-27(13-15-28)23-11-10-20(25-26-23)22-9-4-16-30-22/h1-11,16H,12-15,17H2. The summed E-state index contributed by atoms with van der Waals surface area (Å²) in [6.07, 6.45) is 1.62. The number of hydrogen-bond acceptors (Lipinski definition) is 6. The molecule has 2 aromatic carbocycles. The van der Waals surface area contributed by atoms with Crippen molar-refractivity contribution in [2.45, 2.75) is 0 Å². The highest BCUT2D eigenvalue weighted by atomic mass is 16.5. The van der Waals surface area contributed by atoms with E-state index in [1.807, 2.05) is 71.6 Å². The molecule has 0 bridgehead atoms. The zero-order valence-electron chi connectivity index (χ0n) is 17.0. The van der Waals surface area contributed by atoms with Gasteiger partial charge in [-0.3, -0.25) is 4.79 Å². The number of amides is 1. The van der Waals surface area contributed by atoms with Gasteiger partial charge in [-0.15, -0.1) is 10.2 Å². The maximum Gasteiger partial charge on any atom is 0.260 e. The Morgan fingerprint density at radius 1 is 0.903 bits per heavy atom. The van der Waals surface area contributed by atoms with Gasteiger partial charge in [-0.25, -0.2) is 0 Å². The van der Waals surface area contributed by atoms with Crippen molar-refractivity contribution in [3.05, 3.63) is 73.0 Å². The Kier molecular flexibility index (Phi) is 5.22. The number of fused-ring (bicyclic) bond motifs is 1. The van der Waals surface area contributed by atoms with Crippen LogP contribution in [-0.2, 0) is 4.79 Å². The smallest absolute Gasteiger partial charge is 0.260 e. The second-order valence-corrected chi connectivity index (χ2v) is 7.39. The third-order valence-corrected chi connectivity index (χ3v) is 5.48. The van der Waals surface area contributed by atoms with E-state index in [-0.39, 0.29) is 12.5 Å². The molecule has 7 nitrogen and oxygen atoms in total. The molecule has 31 heavy (non-hydrogen) atoms. The summed E-state index contributed by atoms with van der Waals surface area (Å²) >= 11 is 0. The van der Waals surface area contributed by atoms with Gasteiger partial charge in [0.1, 0.15) is 11.4 Å². The van der Waals surface area contributed by atoms with Gasteiger partial charge in [-0.2, -0.15) is 0 Å². The van der Waals surface area contributed by atoms with Crippen molar-refractivity contribution in [3.63, 3.8) is 0 Å². The van der Waals surface area contributed by atoms with Gasteiger partial charge < -0.3 is 19.0 Å². The van der Waals surface area contributed by atoms with E-state index in [9.17, 15) is 4.79 Å². The second-order valence-electron chi connectivity index (χ2n) is 7.39. The minimum Gasteiger partial charge on any atom is -0.483 e. The molecule has 0 atom stereocenters. The Bertz CT molecular complexity index is 1160. The first-order chi connectivity index (χ1) is 15.3. The number of aromatic nitrogens is 2. The predicted molar refractivity (Wildman–Crippen MR) is 118 cm³/mol. The highest BCUT2D eigenvalue weighted by molar-refractivity contribution is 5.88. The SMILES string of the molecule is O=C(COc1cccc2ccccc12)N1CCN(c2ccc(-c3ccco3)nn2)CC1. The molecule has 0 saturated carbocycles. The minimum atomic E-state index is -0.00756. The van der Waals surface area contributed by atoms with Crippen LogP contribution >= 0.6 is 0 Å². The molecule has 1 fully saturated rings. The Balaban J connectivity index is 1.16. The molecule has 4 aromatic rings. The summed E-state index contributed by atoms with van der Waals surface area (Å²) < 4.78 is 11.2. The van der Waals surface area contributed by atoms with Crippen LogP contribution in [0.2, 0.25) is 0 Å². The van der Waals surface area contributed by atoms with Crippen molar-refractivity contribution >= 4 is 22.5 Å². The predicted octanol–water partition coefficient (Wildman–Crippen LogP) is 3.62. The summed E-state index contributed by atoms with van der Waals surface area (Å²) in [5, 5.41) is 10.7. The van der Waals surface area contributed by atoms with Crippen LogP contribution in [0.15, 0.2) is 77.4 Å². The number of piperazine rings is 1. The Hall–Kier alpha value is -3.87. The van der Waals surface area contributed by atoms with Crippen LogP contribution in [0, 0.1) is 0 Å². The van der Waals surface area contributed by atoms with Crippen LogP contribution in [-0.4, -0.2) is 53.8 Å². The van der Waals surface area contributed by atoms with Gasteiger partial charge in [-0.1, -0.05) is 36.4 Å². The van der Waals surface area contributed by atoms with Gasteiger partial charge in [0, 0.05) is 31.6 Å². The van der Waals surface area contributed by atoms with Crippen LogP contribution in [0.3, 0.4) is 0 Å². The number of nitrogens with zero attached hydrogens (tertiary/aromatic N) is 4. The van der Waals surface area contributed by atoms with Gasteiger partial charge in [-0.05, 0) is 35.7 Å². The molecule has 156 valence electrons. The van der Waals surface area contributed by atoms with Crippen LogP contribution < -0.4 is 9.64 Å². The number of anilines is 1. The number of benzene rings is 2. The van der Waals surface area contributed by atoms with Gasteiger partial charge in [0.25, 0.3) is 5.91 Å². The normalized spacial score (nSPS) is 14.1. The molecule has 1 aliphatic rings. The minimum absolute atomic E-state index is 0.00756. The molecule has 1 aliphatic heterocycles. The number of rotatable bonds is 5. The lowest BCUT2D eigenvalue weighted by molar-refractivity contribution is -0.133. The van der Waals surface area contributed by atoms with Gasteiger partial charge in [0.05, 0.1) is 6.26 Å². The lowest BCUT2D eigenvalue weighted by Gasteiger charge is -2.35. The molecular formula is C24H22N4O3. The highest BCUT2D eigenvalue weighted by Crippen LogP contribution is 2.25. The van der Waals surface area contributed by atoms with Crippen molar-refractivity contribution in [3.8, 4) is 17.2 Å². The fourth-order valence-electron chi connectivity index (χ4n) is 3.79. The van der Waals surface area contributed by atoms with Crippen molar-refractivity contribution in [1.29, 1.82) is 0 Å². The van der Waals surface area contributed by atoms with E-state index in [2.05, 4.69) is 15.1 Å². The molecule has 7 heteroatoms. The van der Waals surface area contributed by atoms with E-state index in [1.165, 1.54) is 0 Å². The molecule has 1 amide bonds. The Labute approximate surface area is 179 Å². The summed E-state index contributed by atoms with van der Waals surface area (Å²) in [5.74, 6) is 2.22. The molecule has 0 radical (unpaired) electrons. The van der Waals surface area contributed by atoms with E-state index in [1.54, 1.807) is 6.26 Å². The van der Waals surface area contributed by atoms with Crippen LogP contribution in [0.1, 0.15) is 0 Å². The average molecular weight is 414 g/mol. The molecule has 3 heterocycles. The number of carbonyl (C=O) groups excluding carboxylic acids is 1. The van der Waals surface area contributed by atoms with E-state index in [0.29, 0.717) is 37.6 Å². The number of ether oxygens (including phenoxy) is 1. The van der Waals surface area contributed by atoms with E-state index in [4.69, 9.17) is 9.15 Å². The molecule has 0 unspecified atom stereocenters. The van der Waals surface area contributed by atoms with Gasteiger partial charge >= 0.3 is 0 Å². The molecule has 1 saturated heterocycles. The van der Waals surface area contributed by atoms with E-state index in [0.717, 1.165) is 22.3 Å². The lowest BCUT2D eigenvalue weighted by atomic mass is 10.1. The summed E-state index contributed by atoms with van der Waals surface area (Å²) in [6.45, 7) is 2.69. The van der Waals surface area contributed by atoms with Crippen molar-refractivity contribution in [2.24, 2.45) is 0 Å². The zero-order valence-corrected chi connectivity index (χ0v) is 17.0. The molecular weight excluding hydrogens is 392 g/mol. The summed E-state index contributed by atoms with van der Waals surface area (Å²) in [6, 6.07) is 21.4. The summed E-state index contributed by atoms with van der Waals surface area (Å²) in [7, 11) is 0. The van der Waals surface area contributed by atoms with Crippen molar-refractivity contribution in [1.82, 2.24) is 15.1 Å². The van der Waals surface area contributed by atoms with Crippen molar-refractivity contribution in [2.75, 3.05) is 37.7 Å². The molecule has 0 spiro atoms. The lowest BCUT2D eigenvalue weighted by Crippen LogP contribution is -2.50. The van der Waals surface area contributed by atoms with Crippen LogP contribution in [0.4, 0.5) is 5.82 Å². The maximum absolute atomic E-state index is 12.7. The zero-order chi connectivity index (χ0) is 21.0. The molecule has 2 aromatic heterocycles. The number of carbonyl (C=O) groups is 1. The number of hydrogen-bond donors (Lipinski definition) is 0. The van der Waals surface area contributed by atoms with E-state index >= 15 is 0 Å². The third kappa shape index (κ3) is 4.07. The quantitative estimate of drug-likeness (QED) is 0.497. The molecule has 0 aliphatic carbocycles. The van der Waals surface area contributed by atoms with Crippen LogP contribution in [0.5, 0.6) is 5.75 Å². The average Bonchev–Trinajstić information content (AvgIpc) is 3.38. The first-order valence-electron chi connectivity index (χ1n) is 10.3. The van der Waals surface area contributed by atoms with E-state index < -0.39 is 0 Å². The van der Waals surface area contributed by atoms with Gasteiger partial charge in [0.15, 0.2) is 18.2 Å². The monoisotopic (exact) mass is 414 g/mol. The highest BCUT2D eigenvalue weighted by Gasteiger charge is 2.22. The first-order valence-corrected chi connectivity index (χ1v) is 10.3. The van der Waals surface area contributed by atoms with Crippen molar-refractivity contribution < 1.29 is 13.9 Å². The fraction of sp³-hybridized carbons (Fsp3) is 0.208. The first kappa shape index (κ1) is 19.1. The van der Waals surface area contributed by atoms with Crippen LogP contribution in [0.25, 0.3) is 22.2 Å². The topological polar surface area (TPSA) is 71.7 Å². The fourth-order valence-corrected chi connectivity index (χ4v) is 3.79. The maximum atomic E-state index is 12.7. The number of furan rings is 1. The Morgan fingerprint density at radius 3 is 2.52 bits per heavy atom. The Morgan fingerprint density at radius 2 is 1.74 bits per heavy atom. The summed E-state index contributed by atoms with van der Waals surface area (Å²) in [4.78, 5) is 16.6. The van der Waals surface area contributed by atoms with Gasteiger partial charge in [0.2, 0.25) is 0 Å².